The number of alkyl halides is 3. The number of fused-ring (bicyclic) bond motifs is 2. The summed E-state index contributed by atoms with van der Waals surface area (Å²) >= 11 is 0. The second-order valence-corrected chi connectivity index (χ2v) is 4.11. The Hall–Kier alpha value is -0.740. The fourth-order valence-corrected chi connectivity index (χ4v) is 2.37. The molecule has 0 spiro atoms. The van der Waals surface area contributed by atoms with Gasteiger partial charge < -0.3 is 5.32 Å². The minimum atomic E-state index is -4.10. The van der Waals surface area contributed by atoms with Crippen molar-refractivity contribution in [2.75, 3.05) is 6.54 Å². The van der Waals surface area contributed by atoms with Gasteiger partial charge >= 0.3 is 6.18 Å². The molecule has 1 amide bonds. The van der Waals surface area contributed by atoms with Crippen LogP contribution in [0.2, 0.25) is 0 Å². The summed E-state index contributed by atoms with van der Waals surface area (Å²) in [4.78, 5) is 10.9. The number of halogens is 3. The van der Waals surface area contributed by atoms with Crippen molar-refractivity contribution in [2.24, 2.45) is 11.3 Å². The molecule has 2 bridgehead atoms. The molecule has 0 aromatic carbocycles. The van der Waals surface area contributed by atoms with Gasteiger partial charge in [0, 0.05) is 12.5 Å². The molecule has 1 aliphatic carbocycles. The van der Waals surface area contributed by atoms with E-state index in [-0.39, 0.29) is 18.4 Å². The van der Waals surface area contributed by atoms with E-state index in [1.54, 1.807) is 0 Å². The first-order valence-electron chi connectivity index (χ1n) is 4.25. The van der Waals surface area contributed by atoms with Gasteiger partial charge in [0.25, 0.3) is 0 Å². The lowest BCUT2D eigenvalue weighted by Gasteiger charge is -2.51. The SMILES string of the molecule is O=C1NCC2(CC(F)(F)F)CC1C2. The van der Waals surface area contributed by atoms with E-state index >= 15 is 0 Å². The van der Waals surface area contributed by atoms with Gasteiger partial charge in [-0.25, -0.2) is 0 Å². The first-order chi connectivity index (χ1) is 5.90. The predicted molar refractivity (Wildman–Crippen MR) is 38.8 cm³/mol. The topological polar surface area (TPSA) is 29.1 Å². The van der Waals surface area contributed by atoms with Gasteiger partial charge in [-0.1, -0.05) is 0 Å². The third kappa shape index (κ3) is 1.51. The maximum Gasteiger partial charge on any atom is 0.389 e. The molecule has 2 saturated heterocycles. The fraction of sp³-hybridized carbons (Fsp3) is 0.875. The number of rotatable bonds is 1. The van der Waals surface area contributed by atoms with Gasteiger partial charge in [0.2, 0.25) is 5.91 Å². The molecular formula is C8H10F3NO. The quantitative estimate of drug-likeness (QED) is 0.671. The molecule has 2 nitrogen and oxygen atoms in total. The highest BCUT2D eigenvalue weighted by atomic mass is 19.4. The van der Waals surface area contributed by atoms with Crippen molar-refractivity contribution >= 4 is 5.91 Å². The first-order valence-corrected chi connectivity index (χ1v) is 4.25. The average Bonchev–Trinajstić information content (AvgIpc) is 1.88. The third-order valence-corrected chi connectivity index (χ3v) is 2.94. The maximum atomic E-state index is 12.1. The standard InChI is InChI=1S/C8H10F3NO/c9-8(10,11)3-7-1-5(2-7)6(13)12-4-7/h5H,1-4H2,(H,12,13). The molecule has 1 saturated carbocycles. The van der Waals surface area contributed by atoms with Crippen LogP contribution in [-0.4, -0.2) is 18.6 Å². The van der Waals surface area contributed by atoms with Gasteiger partial charge in [0.1, 0.15) is 0 Å². The predicted octanol–water partition coefficient (Wildman–Crippen LogP) is 1.47. The number of carbonyl (C=O) groups is 1. The largest absolute Gasteiger partial charge is 0.389 e. The van der Waals surface area contributed by atoms with Crippen molar-refractivity contribution in [3.8, 4) is 0 Å². The van der Waals surface area contributed by atoms with Crippen LogP contribution in [0.5, 0.6) is 0 Å². The van der Waals surface area contributed by atoms with Gasteiger partial charge in [0.05, 0.1) is 6.42 Å². The lowest BCUT2D eigenvalue weighted by atomic mass is 9.57. The molecule has 3 rings (SSSR count). The average molecular weight is 193 g/mol. The van der Waals surface area contributed by atoms with Gasteiger partial charge in [-0.15, -0.1) is 0 Å². The molecule has 0 atom stereocenters. The van der Waals surface area contributed by atoms with E-state index in [0.29, 0.717) is 12.8 Å². The molecule has 1 N–H and O–H groups in total. The van der Waals surface area contributed by atoms with Crippen LogP contribution < -0.4 is 5.32 Å². The van der Waals surface area contributed by atoms with Gasteiger partial charge in [0.15, 0.2) is 0 Å². The zero-order valence-corrected chi connectivity index (χ0v) is 6.95. The molecule has 13 heavy (non-hydrogen) atoms. The number of hydrogen-bond acceptors (Lipinski definition) is 1. The Morgan fingerprint density at radius 2 is 2.08 bits per heavy atom. The van der Waals surface area contributed by atoms with E-state index in [1.807, 2.05) is 0 Å². The van der Waals surface area contributed by atoms with E-state index < -0.39 is 18.0 Å². The summed E-state index contributed by atoms with van der Waals surface area (Å²) in [5.74, 6) is -0.236. The summed E-state index contributed by atoms with van der Waals surface area (Å²) in [6, 6.07) is 0. The Morgan fingerprint density at radius 3 is 2.46 bits per heavy atom. The smallest absolute Gasteiger partial charge is 0.355 e. The fourth-order valence-electron chi connectivity index (χ4n) is 2.37. The third-order valence-electron chi connectivity index (χ3n) is 2.94. The highest BCUT2D eigenvalue weighted by molar-refractivity contribution is 5.81. The summed E-state index contributed by atoms with van der Waals surface area (Å²) in [6.07, 6.45) is -4.03. The summed E-state index contributed by atoms with van der Waals surface area (Å²) in [5, 5.41) is 2.51. The Bertz CT molecular complexity index is 237. The highest BCUT2D eigenvalue weighted by Gasteiger charge is 2.55. The van der Waals surface area contributed by atoms with E-state index in [4.69, 9.17) is 0 Å². The second kappa shape index (κ2) is 2.39. The Kier molecular flexibility index (Phi) is 1.63. The van der Waals surface area contributed by atoms with Crippen LogP contribution in [0.25, 0.3) is 0 Å². The first kappa shape index (κ1) is 8.84. The zero-order chi connectivity index (χ0) is 9.69. The molecule has 3 fully saturated rings. The van der Waals surface area contributed by atoms with Crippen molar-refractivity contribution in [1.82, 2.24) is 5.32 Å². The van der Waals surface area contributed by atoms with Crippen LogP contribution in [0.4, 0.5) is 13.2 Å². The number of piperidine rings is 2. The minimum Gasteiger partial charge on any atom is -0.355 e. The summed E-state index contributed by atoms with van der Waals surface area (Å²) in [6.45, 7) is 0.196. The van der Waals surface area contributed by atoms with Gasteiger partial charge in [-0.2, -0.15) is 13.2 Å². The van der Waals surface area contributed by atoms with Crippen LogP contribution in [0.3, 0.4) is 0 Å². The molecule has 0 aromatic rings. The maximum absolute atomic E-state index is 12.1. The number of carbonyl (C=O) groups excluding carboxylic acids is 1. The van der Waals surface area contributed by atoms with Gasteiger partial charge in [-0.05, 0) is 18.3 Å². The normalized spacial score (nSPS) is 38.1. The molecule has 2 heterocycles. The molecule has 74 valence electrons. The van der Waals surface area contributed by atoms with E-state index in [1.165, 1.54) is 0 Å². The Labute approximate surface area is 73.5 Å². The molecule has 0 unspecified atom stereocenters. The zero-order valence-electron chi connectivity index (χ0n) is 6.95. The van der Waals surface area contributed by atoms with Gasteiger partial charge in [-0.3, -0.25) is 4.79 Å². The molecule has 5 heteroatoms. The lowest BCUT2D eigenvalue weighted by molar-refractivity contribution is -0.186. The molecular weight excluding hydrogens is 183 g/mol. The number of hydrogen-bond donors (Lipinski definition) is 1. The van der Waals surface area contributed by atoms with Crippen LogP contribution >= 0.6 is 0 Å². The van der Waals surface area contributed by atoms with Crippen molar-refractivity contribution < 1.29 is 18.0 Å². The van der Waals surface area contributed by atoms with Crippen LogP contribution in [-0.2, 0) is 4.79 Å². The summed E-state index contributed by atoms with van der Waals surface area (Å²) in [5.41, 5.74) is -0.670. The van der Waals surface area contributed by atoms with E-state index in [2.05, 4.69) is 5.32 Å². The summed E-state index contributed by atoms with van der Waals surface area (Å²) < 4.78 is 36.3. The highest BCUT2D eigenvalue weighted by Crippen LogP contribution is 2.53. The van der Waals surface area contributed by atoms with Crippen LogP contribution in [0, 0.1) is 11.3 Å². The number of amides is 1. The van der Waals surface area contributed by atoms with Crippen molar-refractivity contribution in [1.29, 1.82) is 0 Å². The van der Waals surface area contributed by atoms with Crippen molar-refractivity contribution in [3.05, 3.63) is 0 Å². The van der Waals surface area contributed by atoms with E-state index in [9.17, 15) is 18.0 Å². The van der Waals surface area contributed by atoms with Crippen LogP contribution in [0.15, 0.2) is 0 Å². The lowest BCUT2D eigenvalue weighted by Crippen LogP contribution is -2.59. The molecule has 0 radical (unpaired) electrons. The van der Waals surface area contributed by atoms with Crippen LogP contribution in [0.1, 0.15) is 19.3 Å². The molecule has 0 aromatic heterocycles. The Balaban J connectivity index is 1.99. The van der Waals surface area contributed by atoms with Crippen molar-refractivity contribution in [3.63, 3.8) is 0 Å². The monoisotopic (exact) mass is 193 g/mol. The molecule has 2 aliphatic heterocycles. The number of nitrogens with one attached hydrogen (secondary N) is 1. The van der Waals surface area contributed by atoms with E-state index in [0.717, 1.165) is 0 Å². The second-order valence-electron chi connectivity index (χ2n) is 4.11. The minimum absolute atomic E-state index is 0.0796. The van der Waals surface area contributed by atoms with Crippen molar-refractivity contribution in [2.45, 2.75) is 25.4 Å². The summed E-state index contributed by atoms with van der Waals surface area (Å²) in [7, 11) is 0. The Morgan fingerprint density at radius 1 is 1.46 bits per heavy atom. The molecule has 3 aliphatic rings.